The third-order valence-corrected chi connectivity index (χ3v) is 10.3. The number of nitrogens with zero attached hydrogens (tertiary/aromatic N) is 4. The molecule has 1 saturated heterocycles. The molecule has 1 fully saturated rings. The number of imide groups is 1. The van der Waals surface area contributed by atoms with Gasteiger partial charge in [0.05, 0.1) is 30.4 Å². The van der Waals surface area contributed by atoms with E-state index in [0.717, 1.165) is 22.4 Å². The lowest BCUT2D eigenvalue weighted by Gasteiger charge is -2.28. The highest BCUT2D eigenvalue weighted by Gasteiger charge is 2.39. The van der Waals surface area contributed by atoms with E-state index in [2.05, 4.69) is 25.3 Å². The van der Waals surface area contributed by atoms with E-state index in [-0.39, 0.29) is 48.2 Å². The van der Waals surface area contributed by atoms with Gasteiger partial charge in [0.1, 0.15) is 17.0 Å². The zero-order chi connectivity index (χ0) is 40.1. The summed E-state index contributed by atoms with van der Waals surface area (Å²) in [7, 11) is -4.22. The topological polar surface area (TPSA) is 167 Å². The number of amides is 3. The minimum atomic E-state index is -4.22. The second-order valence-corrected chi connectivity index (χ2v) is 16.2. The number of imidazole rings is 1. The number of ether oxygens (including phenoxy) is 2. The van der Waals surface area contributed by atoms with E-state index >= 15 is 4.39 Å². The van der Waals surface area contributed by atoms with Crippen molar-refractivity contribution < 1.29 is 41.6 Å². The molecule has 5 aromatic rings. The van der Waals surface area contributed by atoms with Crippen LogP contribution in [0.25, 0.3) is 22.2 Å². The first-order valence-electron chi connectivity index (χ1n) is 18.3. The van der Waals surface area contributed by atoms with Crippen molar-refractivity contribution in [2.24, 2.45) is 0 Å². The van der Waals surface area contributed by atoms with Crippen LogP contribution in [0.2, 0.25) is 0 Å². The Balaban J connectivity index is 1.27. The highest BCUT2D eigenvalue weighted by Crippen LogP contribution is 2.55. The molecule has 296 valence electrons. The van der Waals surface area contributed by atoms with Crippen LogP contribution in [0.1, 0.15) is 83.0 Å². The summed E-state index contributed by atoms with van der Waals surface area (Å²) < 4.78 is 59.7. The highest BCUT2D eigenvalue weighted by atomic mass is 31.2. The monoisotopic (exact) mass is 788 g/mol. The number of rotatable bonds is 13. The Kier molecular flexibility index (Phi) is 12.3. The maximum atomic E-state index is 16.6. The number of carbonyl (C=O) groups excluding carboxylic acids is 2. The number of urea groups is 1. The quantitative estimate of drug-likeness (QED) is 0.109. The number of aromatic amines is 1. The number of fused-ring (bicyclic) bond motifs is 1. The first kappa shape index (κ1) is 40.6. The van der Waals surface area contributed by atoms with Gasteiger partial charge in [-0.3, -0.25) is 18.9 Å². The summed E-state index contributed by atoms with van der Waals surface area (Å²) in [6, 6.07) is 19.2. The van der Waals surface area contributed by atoms with E-state index in [1.54, 1.807) is 47.6 Å². The third-order valence-electron chi connectivity index (χ3n) is 8.71. The number of phosphoric acid groups is 1. The lowest BCUT2D eigenvalue weighted by atomic mass is 9.98. The SMILES string of the molecule is CCN(C(=O)Nc1nc2c(C3CCCO3)c(F)c(-c3cnc(C(C)(C)OP(=O)(OCc4ccccc4)OCc4ccccc4)nc3)cc2[nH]1)C(=O)OC(C)(C)C. The fourth-order valence-electron chi connectivity index (χ4n) is 6.01. The molecule has 1 aliphatic rings. The minimum Gasteiger partial charge on any atom is -0.443 e. The largest absolute Gasteiger partial charge is 0.476 e. The van der Waals surface area contributed by atoms with Crippen LogP contribution in [0, 0.1) is 5.82 Å². The standard InChI is InChI=1S/C40H46FN6O8P/c1-7-47(38(49)54-39(2,3)4)37(48)46-36-44-30-21-29(33(41)32(34(30)45-36)31-19-14-20-51-31)28-22-42-35(43-23-28)40(5,6)55-56(50,52-24-26-15-10-8-11-16-26)53-25-27-17-12-9-13-18-27/h8-13,15-18,21-23,31H,7,14,19-20,24-25H2,1-6H3,(H2,44,45,46,48). The molecule has 16 heteroatoms. The smallest absolute Gasteiger partial charge is 0.443 e. The highest BCUT2D eigenvalue weighted by molar-refractivity contribution is 7.48. The molecule has 3 amide bonds. The van der Waals surface area contributed by atoms with E-state index in [1.807, 2.05) is 60.7 Å². The van der Waals surface area contributed by atoms with Crippen molar-refractivity contribution in [2.45, 2.75) is 84.9 Å². The van der Waals surface area contributed by atoms with Gasteiger partial charge in [-0.25, -0.2) is 38.4 Å². The van der Waals surface area contributed by atoms with Crippen molar-refractivity contribution in [3.05, 3.63) is 107 Å². The number of carbonyl (C=O) groups is 2. The molecule has 0 bridgehead atoms. The van der Waals surface area contributed by atoms with Crippen LogP contribution in [0.3, 0.4) is 0 Å². The molecule has 3 heterocycles. The lowest BCUT2D eigenvalue weighted by Crippen LogP contribution is -2.43. The van der Waals surface area contributed by atoms with Gasteiger partial charge in [0.15, 0.2) is 5.82 Å². The van der Waals surface area contributed by atoms with Crippen molar-refractivity contribution >= 4 is 36.9 Å². The number of phosphoric ester groups is 1. The summed E-state index contributed by atoms with van der Waals surface area (Å²) in [6.07, 6.45) is 2.76. The van der Waals surface area contributed by atoms with Gasteiger partial charge >= 0.3 is 19.9 Å². The summed E-state index contributed by atoms with van der Waals surface area (Å²) in [6.45, 7) is 10.4. The number of aromatic nitrogens is 4. The average molecular weight is 789 g/mol. The molecule has 0 saturated carbocycles. The van der Waals surface area contributed by atoms with Crippen LogP contribution in [0.15, 0.2) is 79.1 Å². The molecule has 1 atom stereocenters. The number of halogens is 1. The van der Waals surface area contributed by atoms with E-state index in [0.29, 0.717) is 24.1 Å². The van der Waals surface area contributed by atoms with Crippen LogP contribution < -0.4 is 5.32 Å². The molecule has 1 aliphatic heterocycles. The molecule has 2 N–H and O–H groups in total. The Morgan fingerprint density at radius 2 is 1.59 bits per heavy atom. The van der Waals surface area contributed by atoms with Gasteiger partial charge in [-0.2, -0.15) is 0 Å². The molecule has 3 aromatic carbocycles. The van der Waals surface area contributed by atoms with Crippen molar-refractivity contribution in [2.75, 3.05) is 18.5 Å². The number of H-pyrrole nitrogens is 1. The van der Waals surface area contributed by atoms with Gasteiger partial charge < -0.3 is 14.5 Å². The van der Waals surface area contributed by atoms with E-state index in [4.69, 9.17) is 23.0 Å². The number of hydrogen-bond acceptors (Lipinski definition) is 11. The summed E-state index contributed by atoms with van der Waals surface area (Å²) in [5.74, 6) is -0.440. The van der Waals surface area contributed by atoms with Crippen LogP contribution in [0.4, 0.5) is 19.9 Å². The number of nitrogens with one attached hydrogen (secondary N) is 2. The fraction of sp³-hybridized carbons (Fsp3) is 0.375. The maximum absolute atomic E-state index is 16.6. The number of benzene rings is 3. The number of hydrogen-bond donors (Lipinski definition) is 2. The van der Waals surface area contributed by atoms with Gasteiger partial charge in [-0.1, -0.05) is 60.7 Å². The second-order valence-electron chi connectivity index (χ2n) is 14.7. The normalized spacial score (nSPS) is 14.9. The van der Waals surface area contributed by atoms with Gasteiger partial charge in [0, 0.05) is 42.2 Å². The third kappa shape index (κ3) is 9.84. The van der Waals surface area contributed by atoms with Crippen LogP contribution in [-0.4, -0.2) is 55.7 Å². The zero-order valence-corrected chi connectivity index (χ0v) is 33.1. The predicted molar refractivity (Wildman–Crippen MR) is 207 cm³/mol. The average Bonchev–Trinajstić information content (AvgIpc) is 3.84. The molecule has 2 aromatic heterocycles. The Morgan fingerprint density at radius 3 is 2.12 bits per heavy atom. The number of anilines is 1. The zero-order valence-electron chi connectivity index (χ0n) is 32.2. The minimum absolute atomic E-state index is 0.00157. The molecule has 14 nitrogen and oxygen atoms in total. The van der Waals surface area contributed by atoms with Crippen molar-refractivity contribution in [3.63, 3.8) is 0 Å². The summed E-state index contributed by atoms with van der Waals surface area (Å²) in [4.78, 5) is 43.3. The first-order valence-corrected chi connectivity index (χ1v) is 19.8. The van der Waals surface area contributed by atoms with Crippen LogP contribution in [-0.2, 0) is 46.4 Å². The van der Waals surface area contributed by atoms with E-state index in [1.165, 1.54) is 12.4 Å². The van der Waals surface area contributed by atoms with Crippen LogP contribution >= 0.6 is 7.82 Å². The van der Waals surface area contributed by atoms with Gasteiger partial charge in [0.2, 0.25) is 5.95 Å². The van der Waals surface area contributed by atoms with Crippen molar-refractivity contribution in [3.8, 4) is 11.1 Å². The van der Waals surface area contributed by atoms with E-state index < -0.39 is 43.1 Å². The predicted octanol–water partition coefficient (Wildman–Crippen LogP) is 9.59. The maximum Gasteiger partial charge on any atom is 0.476 e. The Labute approximate surface area is 324 Å². The molecular weight excluding hydrogens is 742 g/mol. The Bertz CT molecular complexity index is 2140. The lowest BCUT2D eigenvalue weighted by molar-refractivity contribution is 0.0187. The van der Waals surface area contributed by atoms with Gasteiger partial charge in [-0.15, -0.1) is 0 Å². The fourth-order valence-corrected chi connectivity index (χ4v) is 7.44. The molecule has 0 aliphatic carbocycles. The molecule has 0 spiro atoms. The molecule has 6 rings (SSSR count). The van der Waals surface area contributed by atoms with Crippen molar-refractivity contribution in [1.82, 2.24) is 24.8 Å². The molecule has 1 unspecified atom stereocenters. The first-order chi connectivity index (χ1) is 26.6. The summed E-state index contributed by atoms with van der Waals surface area (Å²) in [5, 5.41) is 2.60. The Hall–Kier alpha value is -5.05. The molecular formula is C40H46FN6O8P. The van der Waals surface area contributed by atoms with E-state index in [9.17, 15) is 14.2 Å². The molecule has 0 radical (unpaired) electrons. The molecule has 56 heavy (non-hydrogen) atoms. The van der Waals surface area contributed by atoms with Crippen LogP contribution in [0.5, 0.6) is 0 Å². The van der Waals surface area contributed by atoms with Gasteiger partial charge in [0.25, 0.3) is 0 Å². The second kappa shape index (κ2) is 17.0. The van der Waals surface area contributed by atoms with Gasteiger partial charge in [-0.05, 0) is 71.6 Å². The van der Waals surface area contributed by atoms with Crippen molar-refractivity contribution in [1.29, 1.82) is 0 Å². The summed E-state index contributed by atoms with van der Waals surface area (Å²) >= 11 is 0. The summed E-state index contributed by atoms with van der Waals surface area (Å²) in [5.41, 5.74) is 0.723. The Morgan fingerprint density at radius 1 is 0.982 bits per heavy atom.